The summed E-state index contributed by atoms with van der Waals surface area (Å²) in [5, 5.41) is 2.65. The first-order chi connectivity index (χ1) is 10.7. The second-order valence-corrected chi connectivity index (χ2v) is 6.34. The van der Waals surface area contributed by atoms with Gasteiger partial charge in [0.05, 0.1) is 0 Å². The fourth-order valence-electron chi connectivity index (χ4n) is 3.64. The summed E-state index contributed by atoms with van der Waals surface area (Å²) in [6.07, 6.45) is 11.3. The monoisotopic (exact) mass is 443 g/mol. The van der Waals surface area contributed by atoms with Crippen molar-refractivity contribution in [3.05, 3.63) is 75.7 Å². The van der Waals surface area contributed by atoms with Crippen molar-refractivity contribution < 1.29 is 51.0 Å². The van der Waals surface area contributed by atoms with E-state index in [2.05, 4.69) is 75.4 Å². The minimum absolute atomic E-state index is 0. The van der Waals surface area contributed by atoms with Crippen LogP contribution in [0.25, 0.3) is 28.3 Å². The maximum atomic E-state index is 3.65. The van der Waals surface area contributed by atoms with E-state index in [1.807, 2.05) is 0 Å². The maximum Gasteiger partial charge on any atom is 3.00 e. The predicted molar refractivity (Wildman–Crippen MR) is 94.9 cm³/mol. The number of halogens is 2. The van der Waals surface area contributed by atoms with Gasteiger partial charge in [-0.3, -0.25) is 0 Å². The van der Waals surface area contributed by atoms with Crippen LogP contribution in [0.3, 0.4) is 0 Å². The maximum absolute atomic E-state index is 3.65. The molecule has 0 unspecified atom stereocenters. The zero-order valence-electron chi connectivity index (χ0n) is 14.6. The molecule has 0 amide bonds. The zero-order valence-corrected chi connectivity index (χ0v) is 18.6. The van der Waals surface area contributed by atoms with Gasteiger partial charge in [0, 0.05) is 0 Å². The van der Waals surface area contributed by atoms with E-state index in [-0.39, 0.29) is 51.0 Å². The molecule has 0 aliphatic heterocycles. The summed E-state index contributed by atoms with van der Waals surface area (Å²) in [5.41, 5.74) is 9.42. The van der Waals surface area contributed by atoms with Crippen molar-refractivity contribution in [1.29, 1.82) is 0 Å². The van der Waals surface area contributed by atoms with Crippen LogP contribution in [0.4, 0.5) is 0 Å². The van der Waals surface area contributed by atoms with Gasteiger partial charge >= 0.3 is 26.2 Å². The van der Waals surface area contributed by atoms with Gasteiger partial charge < -0.3 is 24.8 Å². The Kier molecular flexibility index (Phi) is 7.69. The van der Waals surface area contributed by atoms with Crippen molar-refractivity contribution in [3.63, 3.8) is 0 Å². The van der Waals surface area contributed by atoms with Crippen LogP contribution < -0.4 is 35.3 Å². The van der Waals surface area contributed by atoms with Crippen LogP contribution in [0.1, 0.15) is 37.0 Å². The van der Waals surface area contributed by atoms with E-state index in [0.717, 1.165) is 6.42 Å². The van der Waals surface area contributed by atoms with E-state index in [4.69, 9.17) is 0 Å². The van der Waals surface area contributed by atoms with Crippen molar-refractivity contribution in [1.82, 2.24) is 0 Å². The molecule has 0 saturated carbocycles. The molecule has 0 saturated heterocycles. The third kappa shape index (κ3) is 3.66. The molecule has 0 spiro atoms. The Balaban J connectivity index is 0.00000104. The molecule has 0 bridgehead atoms. The minimum atomic E-state index is 0. The molecule has 2 aliphatic carbocycles. The van der Waals surface area contributed by atoms with Crippen molar-refractivity contribution >= 4 is 17.2 Å². The Morgan fingerprint density at radius 1 is 1.04 bits per heavy atom. The van der Waals surface area contributed by atoms with Crippen LogP contribution in [0.2, 0.25) is 0 Å². The fraction of sp³-hybridized carbons (Fsp3) is 0.182. The molecule has 2 aliphatic rings. The molecule has 0 heterocycles. The quantitative estimate of drug-likeness (QED) is 0.389. The van der Waals surface area contributed by atoms with E-state index >= 15 is 0 Å². The Morgan fingerprint density at radius 2 is 1.76 bits per heavy atom. The first-order valence-electron chi connectivity index (χ1n) is 7.87. The third-order valence-corrected chi connectivity index (χ3v) is 4.69. The number of hydrogen-bond acceptors (Lipinski definition) is 0. The molecule has 3 heteroatoms. The van der Waals surface area contributed by atoms with Crippen molar-refractivity contribution in [2.75, 3.05) is 0 Å². The SMILES string of the molecule is CC(C)=c1cc2c(c(C3=CC=CC3)c1C)=[C-]c1ccccc1-2.[Cl-].[Cl-].[Zr+3]. The van der Waals surface area contributed by atoms with E-state index in [0.29, 0.717) is 0 Å². The first kappa shape index (κ1) is 22.2. The molecule has 1 radical (unpaired) electrons. The molecule has 2 aromatic rings. The summed E-state index contributed by atoms with van der Waals surface area (Å²) in [4.78, 5) is 0. The molecule has 0 N–H and O–H groups in total. The molecule has 125 valence electrons. The minimum Gasteiger partial charge on any atom is -1.00 e. The van der Waals surface area contributed by atoms with Gasteiger partial charge in [-0.25, -0.2) is 0 Å². The second-order valence-electron chi connectivity index (χ2n) is 6.34. The molecule has 4 rings (SSSR count). The Bertz CT molecular complexity index is 978. The molecule has 0 aromatic heterocycles. The normalized spacial score (nSPS) is 12.7. The summed E-state index contributed by atoms with van der Waals surface area (Å²) in [6, 6.07) is 10.9. The van der Waals surface area contributed by atoms with Gasteiger partial charge in [0.25, 0.3) is 0 Å². The van der Waals surface area contributed by atoms with Crippen LogP contribution in [0, 0.1) is 6.92 Å². The van der Waals surface area contributed by atoms with Crippen LogP contribution in [0.15, 0.2) is 48.6 Å². The Labute approximate surface area is 181 Å². The van der Waals surface area contributed by atoms with Gasteiger partial charge in [-0.15, -0.1) is 34.1 Å². The molecular weight excluding hydrogens is 426 g/mol. The van der Waals surface area contributed by atoms with Crippen LogP contribution in [-0.4, -0.2) is 0 Å². The van der Waals surface area contributed by atoms with Crippen LogP contribution in [0.5, 0.6) is 0 Å². The first-order valence-corrected chi connectivity index (χ1v) is 7.87. The fourth-order valence-corrected chi connectivity index (χ4v) is 3.64. The predicted octanol–water partition coefficient (Wildman–Crippen LogP) is -1.78. The molecule has 0 atom stereocenters. The van der Waals surface area contributed by atoms with Crippen LogP contribution >= 0.6 is 0 Å². The van der Waals surface area contributed by atoms with Gasteiger partial charge in [0.2, 0.25) is 0 Å². The number of fused-ring (bicyclic) bond motifs is 3. The zero-order chi connectivity index (χ0) is 15.3. The van der Waals surface area contributed by atoms with Crippen molar-refractivity contribution in [3.8, 4) is 11.1 Å². The van der Waals surface area contributed by atoms with Gasteiger partial charge in [-0.05, 0) is 32.4 Å². The summed E-state index contributed by atoms with van der Waals surface area (Å²) in [5.74, 6) is 0. The molecule has 0 fully saturated rings. The van der Waals surface area contributed by atoms with E-state index in [1.54, 1.807) is 0 Å². The number of allylic oxidation sites excluding steroid dienone is 4. The average molecular weight is 446 g/mol. The number of hydrogen-bond donors (Lipinski definition) is 0. The second kappa shape index (κ2) is 8.67. The van der Waals surface area contributed by atoms with E-state index in [1.165, 1.54) is 49.4 Å². The number of rotatable bonds is 1. The Hall–Kier alpha value is -0.877. The van der Waals surface area contributed by atoms with Crippen molar-refractivity contribution in [2.24, 2.45) is 0 Å². The van der Waals surface area contributed by atoms with E-state index in [9.17, 15) is 0 Å². The Morgan fingerprint density at radius 3 is 2.40 bits per heavy atom. The van der Waals surface area contributed by atoms with E-state index < -0.39 is 0 Å². The topological polar surface area (TPSA) is 0 Å². The van der Waals surface area contributed by atoms with Crippen molar-refractivity contribution in [2.45, 2.75) is 27.2 Å². The van der Waals surface area contributed by atoms with Gasteiger partial charge in [-0.2, -0.15) is 0 Å². The summed E-state index contributed by atoms with van der Waals surface area (Å²) in [7, 11) is 0. The number of benzene rings is 2. The van der Waals surface area contributed by atoms with Gasteiger partial charge in [0.15, 0.2) is 0 Å². The van der Waals surface area contributed by atoms with Crippen LogP contribution in [-0.2, 0) is 26.2 Å². The standard InChI is InChI=1S/C22H19.2ClH.Zr/c1-14(2)19-13-20-18-11-7-6-10-17(18)12-21(20)22(15(19)3)16-8-4-5-9-16;;;/h4-8,10-11,13H,9H2,1-3H3;2*1H;/q-1;;;+3/p-2. The largest absolute Gasteiger partial charge is 3.00 e. The molecule has 25 heavy (non-hydrogen) atoms. The third-order valence-electron chi connectivity index (χ3n) is 4.69. The molecular formula is C22H19Cl2Zr. The average Bonchev–Trinajstić information content (AvgIpc) is 3.13. The summed E-state index contributed by atoms with van der Waals surface area (Å²) < 4.78 is 0. The molecule has 2 aromatic carbocycles. The summed E-state index contributed by atoms with van der Waals surface area (Å²) in [6.45, 7) is 6.66. The summed E-state index contributed by atoms with van der Waals surface area (Å²) >= 11 is 0. The smallest absolute Gasteiger partial charge is 1.00 e. The van der Waals surface area contributed by atoms with Gasteiger partial charge in [-0.1, -0.05) is 64.8 Å². The molecule has 0 nitrogen and oxygen atoms in total. The van der Waals surface area contributed by atoms with Gasteiger partial charge in [0.1, 0.15) is 0 Å².